The highest BCUT2D eigenvalue weighted by Crippen LogP contribution is 2.26. The molecule has 0 bridgehead atoms. The average Bonchev–Trinajstić information content (AvgIpc) is 2.77. The molecular formula is C14H8F2N4. The van der Waals surface area contributed by atoms with Crippen molar-refractivity contribution in [1.29, 1.82) is 5.26 Å². The van der Waals surface area contributed by atoms with Crippen molar-refractivity contribution in [1.82, 2.24) is 9.55 Å². The Morgan fingerprint density at radius 1 is 1.15 bits per heavy atom. The molecule has 0 radical (unpaired) electrons. The minimum Gasteiger partial charge on any atom is -0.369 e. The first-order chi connectivity index (χ1) is 9.61. The summed E-state index contributed by atoms with van der Waals surface area (Å²) >= 11 is 0. The Morgan fingerprint density at radius 3 is 2.65 bits per heavy atom. The van der Waals surface area contributed by atoms with Crippen LogP contribution >= 0.6 is 0 Å². The van der Waals surface area contributed by atoms with E-state index in [-0.39, 0.29) is 22.7 Å². The van der Waals surface area contributed by atoms with Crippen LogP contribution in [0, 0.1) is 23.0 Å². The van der Waals surface area contributed by atoms with E-state index in [1.165, 1.54) is 28.8 Å². The summed E-state index contributed by atoms with van der Waals surface area (Å²) < 4.78 is 29.0. The maximum Gasteiger partial charge on any atom is 0.206 e. The van der Waals surface area contributed by atoms with Gasteiger partial charge in [-0.2, -0.15) is 5.26 Å². The third kappa shape index (κ3) is 1.68. The van der Waals surface area contributed by atoms with Gasteiger partial charge in [0.05, 0.1) is 22.8 Å². The smallest absolute Gasteiger partial charge is 0.206 e. The normalized spacial score (nSPS) is 10.7. The molecule has 20 heavy (non-hydrogen) atoms. The Morgan fingerprint density at radius 2 is 1.95 bits per heavy atom. The van der Waals surface area contributed by atoms with Crippen LogP contribution in [0.15, 0.2) is 36.4 Å². The molecule has 0 aliphatic carbocycles. The van der Waals surface area contributed by atoms with Gasteiger partial charge in [-0.3, -0.25) is 4.57 Å². The summed E-state index contributed by atoms with van der Waals surface area (Å²) in [6.07, 6.45) is 0. The minimum atomic E-state index is -0.626. The summed E-state index contributed by atoms with van der Waals surface area (Å²) in [5, 5.41) is 8.74. The first kappa shape index (κ1) is 12.1. The molecule has 0 fully saturated rings. The van der Waals surface area contributed by atoms with Gasteiger partial charge in [0.25, 0.3) is 0 Å². The SMILES string of the molecule is N#Cc1ccc(-n2c(N)nc3c(F)cccc32)c(F)c1. The Labute approximate surface area is 112 Å². The molecular weight excluding hydrogens is 262 g/mol. The lowest BCUT2D eigenvalue weighted by Gasteiger charge is -2.07. The van der Waals surface area contributed by atoms with Gasteiger partial charge in [0.2, 0.25) is 5.95 Å². The van der Waals surface area contributed by atoms with E-state index in [1.807, 2.05) is 6.07 Å². The standard InChI is InChI=1S/C14H8F2N4/c15-9-2-1-3-12-13(9)19-14(18)20(12)11-5-4-8(7-17)6-10(11)16/h1-6H,(H2,18,19). The molecule has 0 amide bonds. The van der Waals surface area contributed by atoms with E-state index >= 15 is 0 Å². The van der Waals surface area contributed by atoms with Crippen LogP contribution in [-0.4, -0.2) is 9.55 Å². The Balaban J connectivity index is 2.33. The van der Waals surface area contributed by atoms with Crippen molar-refractivity contribution in [3.05, 3.63) is 53.6 Å². The van der Waals surface area contributed by atoms with Crippen molar-refractivity contribution in [2.75, 3.05) is 5.73 Å². The molecule has 1 heterocycles. The van der Waals surface area contributed by atoms with Crippen molar-refractivity contribution in [2.24, 2.45) is 0 Å². The summed E-state index contributed by atoms with van der Waals surface area (Å²) in [5.41, 5.74) is 6.51. The van der Waals surface area contributed by atoms with Crippen LogP contribution < -0.4 is 5.73 Å². The zero-order valence-electron chi connectivity index (χ0n) is 10.1. The Kier molecular flexibility index (Phi) is 2.61. The van der Waals surface area contributed by atoms with E-state index < -0.39 is 11.6 Å². The molecule has 4 nitrogen and oxygen atoms in total. The number of fused-ring (bicyclic) bond motifs is 1. The number of nitrogens with zero attached hydrogens (tertiary/aromatic N) is 3. The van der Waals surface area contributed by atoms with Crippen molar-refractivity contribution in [3.63, 3.8) is 0 Å². The molecule has 3 aromatic rings. The minimum absolute atomic E-state index is 0.0197. The van der Waals surface area contributed by atoms with Crippen LogP contribution in [0.3, 0.4) is 0 Å². The predicted molar refractivity (Wildman–Crippen MR) is 70.1 cm³/mol. The monoisotopic (exact) mass is 270 g/mol. The molecule has 2 aromatic carbocycles. The number of hydrogen-bond acceptors (Lipinski definition) is 3. The van der Waals surface area contributed by atoms with E-state index in [2.05, 4.69) is 4.98 Å². The predicted octanol–water partition coefficient (Wildman–Crippen LogP) is 2.76. The number of rotatable bonds is 1. The van der Waals surface area contributed by atoms with E-state index in [0.29, 0.717) is 5.52 Å². The van der Waals surface area contributed by atoms with Gasteiger partial charge < -0.3 is 5.73 Å². The van der Waals surface area contributed by atoms with Crippen LogP contribution in [0.4, 0.5) is 14.7 Å². The van der Waals surface area contributed by atoms with Crippen LogP contribution in [0.2, 0.25) is 0 Å². The van der Waals surface area contributed by atoms with Crippen molar-refractivity contribution < 1.29 is 8.78 Å². The Bertz CT molecular complexity index is 861. The molecule has 0 saturated heterocycles. The number of nitrogen functional groups attached to an aromatic ring is 1. The molecule has 3 rings (SSSR count). The molecule has 0 spiro atoms. The molecule has 0 aliphatic rings. The molecule has 6 heteroatoms. The summed E-state index contributed by atoms with van der Waals surface area (Å²) in [5.74, 6) is -1.17. The number of aromatic nitrogens is 2. The fourth-order valence-corrected chi connectivity index (χ4v) is 2.09. The average molecular weight is 270 g/mol. The molecule has 0 aliphatic heterocycles. The lowest BCUT2D eigenvalue weighted by Crippen LogP contribution is -2.03. The number of nitrogens with two attached hydrogens (primary N) is 1. The molecule has 0 unspecified atom stereocenters. The molecule has 0 atom stereocenters. The number of hydrogen-bond donors (Lipinski definition) is 1. The molecule has 1 aromatic heterocycles. The van der Waals surface area contributed by atoms with E-state index in [0.717, 1.165) is 6.07 Å². The van der Waals surface area contributed by atoms with E-state index in [4.69, 9.17) is 11.0 Å². The summed E-state index contributed by atoms with van der Waals surface area (Å²) in [7, 11) is 0. The lowest BCUT2D eigenvalue weighted by atomic mass is 10.2. The molecule has 0 saturated carbocycles. The largest absolute Gasteiger partial charge is 0.369 e. The second-order valence-corrected chi connectivity index (χ2v) is 4.19. The quantitative estimate of drug-likeness (QED) is 0.739. The van der Waals surface area contributed by atoms with Gasteiger partial charge in [0.15, 0.2) is 5.82 Å². The maximum atomic E-state index is 14.1. The second-order valence-electron chi connectivity index (χ2n) is 4.19. The van der Waals surface area contributed by atoms with Gasteiger partial charge in [0.1, 0.15) is 11.3 Å². The highest BCUT2D eigenvalue weighted by atomic mass is 19.1. The summed E-state index contributed by atoms with van der Waals surface area (Å²) in [4.78, 5) is 3.91. The van der Waals surface area contributed by atoms with Gasteiger partial charge in [-0.1, -0.05) is 6.07 Å². The van der Waals surface area contributed by atoms with Crippen LogP contribution in [0.25, 0.3) is 16.7 Å². The summed E-state index contributed by atoms with van der Waals surface area (Å²) in [6.45, 7) is 0. The number of anilines is 1. The first-order valence-corrected chi connectivity index (χ1v) is 5.74. The van der Waals surface area contributed by atoms with Crippen LogP contribution in [0.1, 0.15) is 5.56 Å². The number of para-hydroxylation sites is 1. The van der Waals surface area contributed by atoms with Crippen molar-refractivity contribution in [2.45, 2.75) is 0 Å². The van der Waals surface area contributed by atoms with Crippen LogP contribution in [0.5, 0.6) is 0 Å². The zero-order chi connectivity index (χ0) is 14.3. The third-order valence-electron chi connectivity index (χ3n) is 2.98. The number of halogens is 2. The van der Waals surface area contributed by atoms with E-state index in [9.17, 15) is 8.78 Å². The maximum absolute atomic E-state index is 14.1. The van der Waals surface area contributed by atoms with Crippen molar-refractivity contribution >= 4 is 17.0 Å². The fourth-order valence-electron chi connectivity index (χ4n) is 2.09. The highest BCUT2D eigenvalue weighted by molar-refractivity contribution is 5.81. The zero-order valence-corrected chi connectivity index (χ0v) is 10.1. The highest BCUT2D eigenvalue weighted by Gasteiger charge is 2.15. The number of nitriles is 1. The summed E-state index contributed by atoms with van der Waals surface area (Å²) in [6, 6.07) is 10.2. The second kappa shape index (κ2) is 4.31. The van der Waals surface area contributed by atoms with E-state index in [1.54, 1.807) is 6.07 Å². The number of benzene rings is 2. The van der Waals surface area contributed by atoms with Gasteiger partial charge in [-0.05, 0) is 30.3 Å². The molecule has 2 N–H and O–H groups in total. The van der Waals surface area contributed by atoms with Gasteiger partial charge in [-0.15, -0.1) is 0 Å². The van der Waals surface area contributed by atoms with Crippen molar-refractivity contribution in [3.8, 4) is 11.8 Å². The lowest BCUT2D eigenvalue weighted by molar-refractivity contribution is 0.619. The third-order valence-corrected chi connectivity index (χ3v) is 2.98. The van der Waals surface area contributed by atoms with Crippen LogP contribution in [-0.2, 0) is 0 Å². The Hall–Kier alpha value is -2.94. The van der Waals surface area contributed by atoms with Gasteiger partial charge >= 0.3 is 0 Å². The molecule has 98 valence electrons. The van der Waals surface area contributed by atoms with Gasteiger partial charge in [-0.25, -0.2) is 13.8 Å². The number of imidazole rings is 1. The van der Waals surface area contributed by atoms with Gasteiger partial charge in [0, 0.05) is 0 Å². The first-order valence-electron chi connectivity index (χ1n) is 5.74. The fraction of sp³-hybridized carbons (Fsp3) is 0. The topological polar surface area (TPSA) is 67.6 Å².